The van der Waals surface area contributed by atoms with E-state index in [1.807, 2.05) is 0 Å². The molecule has 19 heavy (non-hydrogen) atoms. The van der Waals surface area contributed by atoms with Crippen molar-refractivity contribution in [2.45, 2.75) is 65.5 Å². The molecule has 114 valence electrons. The zero-order valence-electron chi connectivity index (χ0n) is 15.0. The van der Waals surface area contributed by atoms with E-state index in [9.17, 15) is 0 Å². The fraction of sp³-hybridized carbons (Fsp3) is 1.00. The van der Waals surface area contributed by atoms with Crippen molar-refractivity contribution in [3.05, 3.63) is 0 Å². The summed E-state index contributed by atoms with van der Waals surface area (Å²) in [6.07, 6.45) is 0. The van der Waals surface area contributed by atoms with Crippen LogP contribution in [0.1, 0.15) is 0 Å². The van der Waals surface area contributed by atoms with Crippen LogP contribution in [0.3, 0.4) is 0 Å². The average molecular weight is 347 g/mol. The normalized spacial score (nSPS) is 12.6. The molecular weight excluding hydrogens is 307 g/mol. The molecule has 0 N–H and O–H groups in total. The maximum atomic E-state index is 2.63. The number of rotatable bonds is 4. The summed E-state index contributed by atoms with van der Waals surface area (Å²) in [4.78, 5) is 0. The van der Waals surface area contributed by atoms with E-state index in [2.05, 4.69) is 88.0 Å². The fourth-order valence-corrected chi connectivity index (χ4v) is 13.9. The SMILES string of the molecule is CN([SiH](C)C)[Si](C)(C)C.CN([SiH](C)C)[Si](C)(C)C.[NaH]. The molecule has 0 heterocycles. The van der Waals surface area contributed by atoms with Gasteiger partial charge in [-0.1, -0.05) is 65.5 Å². The first-order valence-electron chi connectivity index (χ1n) is 7.17. The second-order valence-corrected chi connectivity index (χ2v) is 24.8. The Kier molecular flexibility index (Phi) is 14.2. The first-order valence-corrected chi connectivity index (χ1v) is 19.7. The van der Waals surface area contributed by atoms with Crippen molar-refractivity contribution in [2.24, 2.45) is 0 Å². The van der Waals surface area contributed by atoms with Gasteiger partial charge < -0.3 is 8.46 Å². The molecule has 0 aromatic rings. The Balaban J connectivity index is -0.000000256. The van der Waals surface area contributed by atoms with E-state index < -0.39 is 34.4 Å². The summed E-state index contributed by atoms with van der Waals surface area (Å²) in [6.45, 7) is 24.0. The third-order valence-corrected chi connectivity index (χ3v) is 18.7. The van der Waals surface area contributed by atoms with E-state index in [1.165, 1.54) is 0 Å². The molecule has 0 bridgehead atoms. The summed E-state index contributed by atoms with van der Waals surface area (Å²) in [5.41, 5.74) is 0. The van der Waals surface area contributed by atoms with E-state index in [0.29, 0.717) is 0 Å². The van der Waals surface area contributed by atoms with E-state index in [0.717, 1.165) is 0 Å². The summed E-state index contributed by atoms with van der Waals surface area (Å²) in [5, 5.41) is 0. The Bertz CT molecular complexity index is 201. The van der Waals surface area contributed by atoms with E-state index in [-0.39, 0.29) is 29.6 Å². The van der Waals surface area contributed by atoms with E-state index in [1.54, 1.807) is 0 Å². The number of nitrogens with zero attached hydrogens (tertiary/aromatic N) is 2. The Labute approximate surface area is 151 Å². The Morgan fingerprint density at radius 2 is 0.737 bits per heavy atom. The third kappa shape index (κ3) is 13.2. The zero-order valence-corrected chi connectivity index (χ0v) is 19.4. The first-order chi connectivity index (χ1) is 7.71. The molecule has 0 aromatic carbocycles. The van der Waals surface area contributed by atoms with Gasteiger partial charge in [-0.3, -0.25) is 0 Å². The predicted octanol–water partition coefficient (Wildman–Crippen LogP) is 2.82. The summed E-state index contributed by atoms with van der Waals surface area (Å²) < 4.78 is 5.26. The molecule has 0 unspecified atom stereocenters. The van der Waals surface area contributed by atoms with Gasteiger partial charge in [0.25, 0.3) is 0 Å². The van der Waals surface area contributed by atoms with Crippen LogP contribution in [-0.2, 0) is 0 Å². The molecule has 0 aromatic heterocycles. The monoisotopic (exact) mass is 346 g/mol. The van der Waals surface area contributed by atoms with Crippen LogP contribution in [0.4, 0.5) is 0 Å². The Morgan fingerprint density at radius 1 is 0.579 bits per heavy atom. The standard InChI is InChI=1S/2C6H19NSi2.Na.H/c2*1-7(8(2)3)9(4,5)6;;/h2*8H,1-6H3;;. The van der Waals surface area contributed by atoms with Crippen molar-refractivity contribution in [1.82, 2.24) is 8.46 Å². The van der Waals surface area contributed by atoms with Crippen LogP contribution < -0.4 is 0 Å². The summed E-state index contributed by atoms with van der Waals surface area (Å²) >= 11 is 0. The van der Waals surface area contributed by atoms with Crippen LogP contribution in [0.15, 0.2) is 0 Å². The van der Waals surface area contributed by atoms with Gasteiger partial charge in [-0.15, -0.1) is 0 Å². The molecule has 0 atom stereocenters. The average Bonchev–Trinajstić information content (AvgIpc) is 2.13. The van der Waals surface area contributed by atoms with Gasteiger partial charge in [0.2, 0.25) is 0 Å². The van der Waals surface area contributed by atoms with E-state index >= 15 is 0 Å². The van der Waals surface area contributed by atoms with Crippen molar-refractivity contribution >= 4 is 63.9 Å². The Hall–Kier alpha value is 1.79. The molecule has 0 aliphatic carbocycles. The topological polar surface area (TPSA) is 6.48 Å². The second-order valence-electron chi connectivity index (χ2n) is 7.75. The number of hydrogen-bond acceptors (Lipinski definition) is 2. The van der Waals surface area contributed by atoms with E-state index in [4.69, 9.17) is 0 Å². The van der Waals surface area contributed by atoms with Crippen LogP contribution >= 0.6 is 0 Å². The molecule has 0 rings (SSSR count). The molecule has 2 nitrogen and oxygen atoms in total. The molecule has 0 aliphatic rings. The summed E-state index contributed by atoms with van der Waals surface area (Å²) in [6, 6.07) is 0. The molecule has 0 fully saturated rings. The molecule has 0 saturated heterocycles. The molecular formula is C12H39N2NaSi4. The first kappa shape index (κ1) is 25.7. The van der Waals surface area contributed by atoms with Gasteiger partial charge in [-0.2, -0.15) is 0 Å². The van der Waals surface area contributed by atoms with Gasteiger partial charge in [0, 0.05) is 0 Å². The molecule has 0 amide bonds. The van der Waals surface area contributed by atoms with Crippen molar-refractivity contribution in [2.75, 3.05) is 14.1 Å². The third-order valence-electron chi connectivity index (χ3n) is 3.67. The maximum absolute atomic E-state index is 2.63. The van der Waals surface area contributed by atoms with Crippen molar-refractivity contribution < 1.29 is 0 Å². The van der Waals surface area contributed by atoms with Crippen LogP contribution in [0.5, 0.6) is 0 Å². The fourth-order valence-electron chi connectivity index (χ4n) is 1.55. The van der Waals surface area contributed by atoms with Crippen molar-refractivity contribution in [3.8, 4) is 0 Å². The number of hydrogen-bond donors (Lipinski definition) is 0. The molecule has 0 aliphatic heterocycles. The zero-order chi connectivity index (χ0) is 15.3. The molecule has 0 spiro atoms. The second kappa shape index (κ2) is 10.5. The molecule has 0 saturated carbocycles. The van der Waals surface area contributed by atoms with Gasteiger partial charge in [-0.25, -0.2) is 0 Å². The summed E-state index contributed by atoms with van der Waals surface area (Å²) in [5.74, 6) is 0. The summed E-state index contributed by atoms with van der Waals surface area (Å²) in [7, 11) is 1.72. The minimum atomic E-state index is -0.929. The van der Waals surface area contributed by atoms with Crippen molar-refractivity contribution in [3.63, 3.8) is 0 Å². The van der Waals surface area contributed by atoms with Gasteiger partial charge in [0.15, 0.2) is 0 Å². The van der Waals surface area contributed by atoms with Crippen LogP contribution in [0.25, 0.3) is 0 Å². The van der Waals surface area contributed by atoms with Crippen LogP contribution in [0.2, 0.25) is 65.5 Å². The van der Waals surface area contributed by atoms with Gasteiger partial charge >= 0.3 is 29.6 Å². The molecule has 0 radical (unpaired) electrons. The van der Waals surface area contributed by atoms with Crippen molar-refractivity contribution in [1.29, 1.82) is 0 Å². The van der Waals surface area contributed by atoms with Gasteiger partial charge in [-0.05, 0) is 14.1 Å². The quantitative estimate of drug-likeness (QED) is 0.722. The molecule has 7 heteroatoms. The van der Waals surface area contributed by atoms with Gasteiger partial charge in [0.1, 0.15) is 16.5 Å². The van der Waals surface area contributed by atoms with Crippen LogP contribution in [-0.4, -0.2) is 86.5 Å². The van der Waals surface area contributed by atoms with Gasteiger partial charge in [0.05, 0.1) is 17.9 Å². The minimum absolute atomic E-state index is 0. The predicted molar refractivity (Wildman–Crippen MR) is 107 cm³/mol. The van der Waals surface area contributed by atoms with Crippen LogP contribution in [0, 0.1) is 0 Å². The Morgan fingerprint density at radius 3 is 0.737 bits per heavy atom.